The number of thioether (sulfide) groups is 1. The topological polar surface area (TPSA) is 30.2 Å². The van der Waals surface area contributed by atoms with Gasteiger partial charge >= 0.3 is 0 Å². The average molecular weight is 212 g/mol. The molecule has 1 heterocycles. The number of carbonyl (C=O) groups excluding carboxylic acids is 1. The first-order valence-electron chi connectivity index (χ1n) is 4.88. The molecule has 0 N–H and O–H groups in total. The van der Waals surface area contributed by atoms with Crippen LogP contribution in [0.2, 0.25) is 0 Å². The van der Waals surface area contributed by atoms with Gasteiger partial charge in [-0.1, -0.05) is 13.8 Å². The van der Waals surface area contributed by atoms with Crippen LogP contribution in [0.4, 0.5) is 0 Å². The quantitative estimate of drug-likeness (QED) is 0.726. The minimum absolute atomic E-state index is 0.241. The van der Waals surface area contributed by atoms with Crippen molar-refractivity contribution < 1.29 is 9.21 Å². The Labute approximate surface area is 89.1 Å². The molecule has 1 aromatic rings. The fourth-order valence-corrected chi connectivity index (χ4v) is 1.82. The molecule has 2 nitrogen and oxygen atoms in total. The zero-order valence-electron chi connectivity index (χ0n) is 8.66. The Hall–Kier alpha value is -0.700. The summed E-state index contributed by atoms with van der Waals surface area (Å²) in [7, 11) is 0. The molecule has 0 aromatic carbocycles. The Bertz CT molecular complexity index is 267. The maximum atomic E-state index is 11.4. The highest BCUT2D eigenvalue weighted by Crippen LogP contribution is 2.14. The van der Waals surface area contributed by atoms with E-state index >= 15 is 0 Å². The lowest BCUT2D eigenvalue weighted by Gasteiger charge is -2.06. The van der Waals surface area contributed by atoms with Gasteiger partial charge in [-0.2, -0.15) is 11.8 Å². The van der Waals surface area contributed by atoms with Gasteiger partial charge in [-0.3, -0.25) is 4.79 Å². The summed E-state index contributed by atoms with van der Waals surface area (Å²) in [6.07, 6.45) is 3.14. The number of hydrogen-bond donors (Lipinski definition) is 0. The van der Waals surface area contributed by atoms with Crippen molar-refractivity contribution in [1.82, 2.24) is 0 Å². The molecule has 0 aliphatic rings. The van der Waals surface area contributed by atoms with Gasteiger partial charge in [0.2, 0.25) is 0 Å². The van der Waals surface area contributed by atoms with Crippen molar-refractivity contribution in [2.45, 2.75) is 31.9 Å². The number of furan rings is 1. The Morgan fingerprint density at radius 2 is 2.43 bits per heavy atom. The lowest BCUT2D eigenvalue weighted by molar-refractivity contribution is -0.116. The third-order valence-electron chi connectivity index (χ3n) is 2.06. The first kappa shape index (κ1) is 11.4. The summed E-state index contributed by atoms with van der Waals surface area (Å²) in [6, 6.07) is 3.65. The second-order valence-corrected chi connectivity index (χ2v) is 4.75. The van der Waals surface area contributed by atoms with Crippen LogP contribution in [0.15, 0.2) is 22.8 Å². The Balaban J connectivity index is 2.23. The SMILES string of the molecule is CCC(C)SCC(=O)Cc1ccco1. The van der Waals surface area contributed by atoms with E-state index in [4.69, 9.17) is 4.42 Å². The van der Waals surface area contributed by atoms with Crippen molar-refractivity contribution in [2.24, 2.45) is 0 Å². The molecule has 0 aliphatic heterocycles. The number of ketones is 1. The van der Waals surface area contributed by atoms with Crippen LogP contribution in [0.25, 0.3) is 0 Å². The van der Waals surface area contributed by atoms with Crippen LogP contribution in [-0.2, 0) is 11.2 Å². The van der Waals surface area contributed by atoms with E-state index in [9.17, 15) is 4.79 Å². The molecule has 0 radical (unpaired) electrons. The molecule has 1 aromatic heterocycles. The van der Waals surface area contributed by atoms with Gasteiger partial charge < -0.3 is 4.42 Å². The number of Topliss-reactive ketones (excluding diaryl/α,β-unsaturated/α-hetero) is 1. The molecule has 0 spiro atoms. The van der Waals surface area contributed by atoms with Crippen LogP contribution in [-0.4, -0.2) is 16.8 Å². The van der Waals surface area contributed by atoms with Crippen LogP contribution in [0, 0.1) is 0 Å². The summed E-state index contributed by atoms with van der Waals surface area (Å²) in [4.78, 5) is 11.4. The maximum absolute atomic E-state index is 11.4. The van der Waals surface area contributed by atoms with Gasteiger partial charge in [0.25, 0.3) is 0 Å². The van der Waals surface area contributed by atoms with E-state index in [0.29, 0.717) is 17.4 Å². The zero-order valence-corrected chi connectivity index (χ0v) is 9.47. The summed E-state index contributed by atoms with van der Waals surface area (Å²) in [5, 5.41) is 0.565. The minimum atomic E-state index is 0.241. The van der Waals surface area contributed by atoms with Gasteiger partial charge in [0.15, 0.2) is 0 Å². The largest absolute Gasteiger partial charge is 0.469 e. The third-order valence-corrected chi connectivity index (χ3v) is 3.45. The lowest BCUT2D eigenvalue weighted by atomic mass is 10.2. The maximum Gasteiger partial charge on any atom is 0.150 e. The van der Waals surface area contributed by atoms with E-state index in [1.54, 1.807) is 18.0 Å². The Kier molecular flexibility index (Phi) is 4.80. The van der Waals surface area contributed by atoms with E-state index in [0.717, 1.165) is 12.2 Å². The van der Waals surface area contributed by atoms with Crippen LogP contribution in [0.1, 0.15) is 26.0 Å². The van der Waals surface area contributed by atoms with Crippen LogP contribution in [0.5, 0.6) is 0 Å². The van der Waals surface area contributed by atoms with E-state index in [2.05, 4.69) is 13.8 Å². The predicted molar refractivity (Wildman–Crippen MR) is 59.6 cm³/mol. The fraction of sp³-hybridized carbons (Fsp3) is 0.545. The summed E-state index contributed by atoms with van der Waals surface area (Å²) in [5.74, 6) is 1.60. The second-order valence-electron chi connectivity index (χ2n) is 3.32. The number of hydrogen-bond acceptors (Lipinski definition) is 3. The van der Waals surface area contributed by atoms with Crippen LogP contribution >= 0.6 is 11.8 Å². The highest BCUT2D eigenvalue weighted by molar-refractivity contribution is 8.00. The number of rotatable bonds is 6. The molecule has 14 heavy (non-hydrogen) atoms. The van der Waals surface area contributed by atoms with Crippen molar-refractivity contribution in [1.29, 1.82) is 0 Å². The van der Waals surface area contributed by atoms with Crippen LogP contribution in [0.3, 0.4) is 0 Å². The van der Waals surface area contributed by atoms with Gasteiger partial charge in [-0.25, -0.2) is 0 Å². The standard InChI is InChI=1S/C11H16O2S/c1-3-9(2)14-8-10(12)7-11-5-4-6-13-11/h4-6,9H,3,7-8H2,1-2H3. The third kappa shape index (κ3) is 4.01. The molecule has 0 aliphatic carbocycles. The van der Waals surface area contributed by atoms with Gasteiger partial charge in [0.05, 0.1) is 18.4 Å². The van der Waals surface area contributed by atoms with Crippen LogP contribution < -0.4 is 0 Å². The molecule has 0 amide bonds. The van der Waals surface area contributed by atoms with Gasteiger partial charge in [-0.15, -0.1) is 0 Å². The summed E-state index contributed by atoms with van der Waals surface area (Å²) < 4.78 is 5.11. The first-order chi connectivity index (χ1) is 6.72. The molecule has 3 heteroatoms. The van der Waals surface area contributed by atoms with Crippen molar-refractivity contribution in [3.63, 3.8) is 0 Å². The predicted octanol–water partition coefficient (Wildman–Crippen LogP) is 2.92. The molecule has 1 rings (SSSR count). The normalized spacial score (nSPS) is 12.7. The van der Waals surface area contributed by atoms with Gasteiger partial charge in [-0.05, 0) is 18.6 Å². The molecule has 0 fully saturated rings. The molecule has 0 saturated carbocycles. The summed E-state index contributed by atoms with van der Waals surface area (Å²) in [6.45, 7) is 4.28. The molecular formula is C11H16O2S. The van der Waals surface area contributed by atoms with Gasteiger partial charge in [0, 0.05) is 5.25 Å². The average Bonchev–Trinajstić information content (AvgIpc) is 2.66. The minimum Gasteiger partial charge on any atom is -0.469 e. The molecular weight excluding hydrogens is 196 g/mol. The van der Waals surface area contributed by atoms with E-state index in [1.807, 2.05) is 12.1 Å². The van der Waals surface area contributed by atoms with Gasteiger partial charge in [0.1, 0.15) is 11.5 Å². The van der Waals surface area contributed by atoms with E-state index < -0.39 is 0 Å². The second kappa shape index (κ2) is 5.91. The molecule has 1 atom stereocenters. The molecule has 0 bridgehead atoms. The smallest absolute Gasteiger partial charge is 0.150 e. The van der Waals surface area contributed by atoms with E-state index in [1.165, 1.54) is 0 Å². The Morgan fingerprint density at radius 1 is 1.64 bits per heavy atom. The first-order valence-corrected chi connectivity index (χ1v) is 5.93. The molecule has 0 saturated heterocycles. The highest BCUT2D eigenvalue weighted by atomic mass is 32.2. The monoisotopic (exact) mass is 212 g/mol. The van der Waals surface area contributed by atoms with Crippen molar-refractivity contribution in [3.8, 4) is 0 Å². The molecule has 1 unspecified atom stereocenters. The summed E-state index contributed by atoms with van der Waals surface area (Å²) in [5.41, 5.74) is 0. The lowest BCUT2D eigenvalue weighted by Crippen LogP contribution is -2.08. The van der Waals surface area contributed by atoms with Crippen molar-refractivity contribution in [2.75, 3.05) is 5.75 Å². The summed E-state index contributed by atoms with van der Waals surface area (Å²) >= 11 is 1.72. The number of carbonyl (C=O) groups is 1. The highest BCUT2D eigenvalue weighted by Gasteiger charge is 2.08. The zero-order chi connectivity index (χ0) is 10.4. The Morgan fingerprint density at radius 3 is 3.00 bits per heavy atom. The molecule has 78 valence electrons. The van der Waals surface area contributed by atoms with Crippen molar-refractivity contribution in [3.05, 3.63) is 24.2 Å². The van der Waals surface area contributed by atoms with E-state index in [-0.39, 0.29) is 5.78 Å². The fourth-order valence-electron chi connectivity index (χ4n) is 1.01. The van der Waals surface area contributed by atoms with Crippen molar-refractivity contribution >= 4 is 17.5 Å².